The maximum absolute atomic E-state index is 12.2. The maximum Gasteiger partial charge on any atom is 0.238 e. The molecule has 0 saturated carbocycles. The van der Waals surface area contributed by atoms with Gasteiger partial charge in [0.2, 0.25) is 5.91 Å². The highest BCUT2D eigenvalue weighted by Gasteiger charge is 2.13. The van der Waals surface area contributed by atoms with Gasteiger partial charge in [0.25, 0.3) is 0 Å². The van der Waals surface area contributed by atoms with Gasteiger partial charge in [0.15, 0.2) is 0 Å². The molecule has 2 rings (SSSR count). The number of furan rings is 1. The third-order valence-corrected chi connectivity index (χ3v) is 3.32. The van der Waals surface area contributed by atoms with Gasteiger partial charge in [0, 0.05) is 18.7 Å². The second-order valence-corrected chi connectivity index (χ2v) is 5.20. The van der Waals surface area contributed by atoms with Crippen LogP contribution in [0.15, 0.2) is 47.1 Å². The van der Waals surface area contributed by atoms with Gasteiger partial charge in [-0.3, -0.25) is 9.69 Å². The van der Waals surface area contributed by atoms with Gasteiger partial charge in [-0.25, -0.2) is 0 Å². The number of hydrogen-bond donors (Lipinski definition) is 1. The number of ether oxygens (including phenoxy) is 1. The minimum atomic E-state index is -0.136. The number of amides is 1. The number of benzene rings is 1. The van der Waals surface area contributed by atoms with Gasteiger partial charge in [-0.1, -0.05) is 0 Å². The molecule has 1 aromatic carbocycles. The fourth-order valence-corrected chi connectivity index (χ4v) is 2.25. The van der Waals surface area contributed by atoms with Gasteiger partial charge in [0.1, 0.15) is 11.5 Å². The van der Waals surface area contributed by atoms with Crippen LogP contribution in [0.2, 0.25) is 0 Å². The molecule has 0 aliphatic carbocycles. The van der Waals surface area contributed by atoms with E-state index in [9.17, 15) is 4.79 Å². The Balaban J connectivity index is 1.90. The van der Waals surface area contributed by atoms with Crippen molar-refractivity contribution >= 4 is 11.6 Å². The Kier molecular flexibility index (Phi) is 6.87. The lowest BCUT2D eigenvalue weighted by Crippen LogP contribution is -2.33. The zero-order valence-electron chi connectivity index (χ0n) is 13.7. The molecule has 1 aromatic heterocycles. The summed E-state index contributed by atoms with van der Waals surface area (Å²) in [6.07, 6.45) is 1.95. The Bertz CT molecular complexity index is 660. The lowest BCUT2D eigenvalue weighted by atomic mass is 10.3. The lowest BCUT2D eigenvalue weighted by Gasteiger charge is -2.19. The number of anilines is 1. The van der Waals surface area contributed by atoms with Crippen molar-refractivity contribution in [2.24, 2.45) is 0 Å². The fraction of sp³-hybridized carbons (Fsp3) is 0.333. The first-order valence-corrected chi connectivity index (χ1v) is 7.85. The summed E-state index contributed by atoms with van der Waals surface area (Å²) in [4.78, 5) is 14.1. The minimum Gasteiger partial charge on any atom is -0.494 e. The van der Waals surface area contributed by atoms with Gasteiger partial charge in [-0.2, -0.15) is 5.26 Å². The molecular formula is C18H21N3O3. The third-order valence-electron chi connectivity index (χ3n) is 3.32. The Morgan fingerprint density at radius 3 is 2.75 bits per heavy atom. The van der Waals surface area contributed by atoms with E-state index in [1.165, 1.54) is 0 Å². The molecule has 0 bridgehead atoms. The van der Waals surface area contributed by atoms with E-state index >= 15 is 0 Å². The Morgan fingerprint density at radius 2 is 2.12 bits per heavy atom. The molecule has 126 valence electrons. The first-order chi connectivity index (χ1) is 11.7. The average Bonchev–Trinajstić information content (AvgIpc) is 3.07. The largest absolute Gasteiger partial charge is 0.494 e. The Labute approximate surface area is 141 Å². The average molecular weight is 327 g/mol. The summed E-state index contributed by atoms with van der Waals surface area (Å²) in [5.41, 5.74) is 0.710. The van der Waals surface area contributed by atoms with Crippen LogP contribution in [-0.2, 0) is 11.3 Å². The number of hydrogen-bond acceptors (Lipinski definition) is 5. The molecule has 0 aliphatic rings. The zero-order valence-corrected chi connectivity index (χ0v) is 13.7. The second-order valence-electron chi connectivity index (χ2n) is 5.20. The molecule has 1 amide bonds. The molecule has 24 heavy (non-hydrogen) atoms. The van der Waals surface area contributed by atoms with Crippen molar-refractivity contribution in [3.05, 3.63) is 48.4 Å². The van der Waals surface area contributed by atoms with Crippen LogP contribution in [0.5, 0.6) is 5.75 Å². The first kappa shape index (κ1) is 17.6. The Hall–Kier alpha value is -2.78. The molecule has 0 unspecified atom stereocenters. The summed E-state index contributed by atoms with van der Waals surface area (Å²) in [5, 5.41) is 11.6. The van der Waals surface area contributed by atoms with E-state index in [4.69, 9.17) is 14.4 Å². The molecule has 0 fully saturated rings. The predicted octanol–water partition coefficient (Wildman–Crippen LogP) is 3.03. The minimum absolute atomic E-state index is 0.136. The maximum atomic E-state index is 12.2. The molecule has 6 heteroatoms. The van der Waals surface area contributed by atoms with E-state index in [2.05, 4.69) is 11.4 Å². The van der Waals surface area contributed by atoms with Crippen molar-refractivity contribution in [1.82, 2.24) is 4.90 Å². The standard InChI is InChI=1S/C18H21N3O3/c1-2-23-16-8-6-15(7-9-16)20-18(22)14-21(11-4-10-19)13-17-5-3-12-24-17/h3,5-9,12H,2,4,11,13-14H2,1H3,(H,20,22). The van der Waals surface area contributed by atoms with Crippen LogP contribution in [0.25, 0.3) is 0 Å². The van der Waals surface area contributed by atoms with Gasteiger partial charge in [-0.15, -0.1) is 0 Å². The van der Waals surface area contributed by atoms with Crippen LogP contribution in [0.3, 0.4) is 0 Å². The van der Waals surface area contributed by atoms with Crippen molar-refractivity contribution < 1.29 is 13.9 Å². The summed E-state index contributed by atoms with van der Waals surface area (Å²) >= 11 is 0. The number of nitriles is 1. The molecule has 0 aliphatic heterocycles. The van der Waals surface area contributed by atoms with E-state index in [-0.39, 0.29) is 12.5 Å². The number of nitrogens with zero attached hydrogens (tertiary/aromatic N) is 2. The van der Waals surface area contributed by atoms with Crippen molar-refractivity contribution in [3.8, 4) is 11.8 Å². The summed E-state index contributed by atoms with van der Waals surface area (Å²) in [6, 6.07) is 13.0. The number of carbonyl (C=O) groups excluding carboxylic acids is 1. The SMILES string of the molecule is CCOc1ccc(NC(=O)CN(CCC#N)Cc2ccco2)cc1. The molecular weight excluding hydrogens is 306 g/mol. The quantitative estimate of drug-likeness (QED) is 0.766. The van der Waals surface area contributed by atoms with Gasteiger partial charge >= 0.3 is 0 Å². The van der Waals surface area contributed by atoms with E-state index in [1.54, 1.807) is 24.5 Å². The summed E-state index contributed by atoms with van der Waals surface area (Å²) < 4.78 is 10.7. The smallest absolute Gasteiger partial charge is 0.238 e. The fourth-order valence-electron chi connectivity index (χ4n) is 2.25. The summed E-state index contributed by atoms with van der Waals surface area (Å²) in [6.45, 7) is 3.71. The lowest BCUT2D eigenvalue weighted by molar-refractivity contribution is -0.117. The summed E-state index contributed by atoms with van der Waals surface area (Å²) in [7, 11) is 0. The molecule has 1 heterocycles. The number of rotatable bonds is 9. The van der Waals surface area contributed by atoms with E-state index in [0.717, 1.165) is 11.5 Å². The van der Waals surface area contributed by atoms with Crippen molar-refractivity contribution in [2.75, 3.05) is 25.0 Å². The molecule has 0 saturated heterocycles. The highest BCUT2D eigenvalue weighted by molar-refractivity contribution is 5.92. The van der Waals surface area contributed by atoms with Gasteiger partial charge in [-0.05, 0) is 43.3 Å². The number of nitrogens with one attached hydrogen (secondary N) is 1. The first-order valence-electron chi connectivity index (χ1n) is 7.85. The predicted molar refractivity (Wildman–Crippen MR) is 90.5 cm³/mol. The van der Waals surface area contributed by atoms with Crippen LogP contribution in [0, 0.1) is 11.3 Å². The molecule has 0 atom stereocenters. The molecule has 1 N–H and O–H groups in total. The third kappa shape index (κ3) is 5.78. The number of carbonyl (C=O) groups is 1. The van der Waals surface area contributed by atoms with Crippen LogP contribution in [-0.4, -0.2) is 30.5 Å². The highest BCUT2D eigenvalue weighted by Crippen LogP contribution is 2.15. The van der Waals surface area contributed by atoms with Gasteiger partial charge < -0.3 is 14.5 Å². The molecule has 0 radical (unpaired) electrons. The van der Waals surface area contributed by atoms with E-state index < -0.39 is 0 Å². The van der Waals surface area contributed by atoms with Crippen molar-refractivity contribution in [3.63, 3.8) is 0 Å². The van der Waals surface area contributed by atoms with Crippen LogP contribution in [0.4, 0.5) is 5.69 Å². The molecule has 6 nitrogen and oxygen atoms in total. The van der Waals surface area contributed by atoms with Crippen LogP contribution < -0.4 is 10.1 Å². The van der Waals surface area contributed by atoms with Crippen LogP contribution in [0.1, 0.15) is 19.1 Å². The Morgan fingerprint density at radius 1 is 1.33 bits per heavy atom. The van der Waals surface area contributed by atoms with E-state index in [0.29, 0.717) is 31.8 Å². The zero-order chi connectivity index (χ0) is 17.2. The second kappa shape index (κ2) is 9.38. The molecule has 0 spiro atoms. The highest BCUT2D eigenvalue weighted by atomic mass is 16.5. The normalized spacial score (nSPS) is 10.4. The molecule has 2 aromatic rings. The van der Waals surface area contributed by atoms with Crippen molar-refractivity contribution in [1.29, 1.82) is 5.26 Å². The van der Waals surface area contributed by atoms with Crippen LogP contribution >= 0.6 is 0 Å². The van der Waals surface area contributed by atoms with Gasteiger partial charge in [0.05, 0.1) is 32.0 Å². The summed E-state index contributed by atoms with van der Waals surface area (Å²) in [5.74, 6) is 1.40. The monoisotopic (exact) mass is 327 g/mol. The van der Waals surface area contributed by atoms with E-state index in [1.807, 2.05) is 30.0 Å². The van der Waals surface area contributed by atoms with Crippen molar-refractivity contribution in [2.45, 2.75) is 19.9 Å². The topological polar surface area (TPSA) is 78.5 Å².